The largest absolute Gasteiger partial charge is 0.342 e. The van der Waals surface area contributed by atoms with Crippen LogP contribution in [0.4, 0.5) is 4.39 Å². The van der Waals surface area contributed by atoms with E-state index in [9.17, 15) is 9.18 Å². The number of amides is 1. The topological polar surface area (TPSA) is 52.9 Å². The molecule has 0 saturated heterocycles. The van der Waals surface area contributed by atoms with Gasteiger partial charge in [-0.25, -0.2) is 4.39 Å². The Labute approximate surface area is 92.9 Å². The molecule has 1 aromatic rings. The number of rotatable bonds is 3. The molecule has 0 bridgehead atoms. The van der Waals surface area contributed by atoms with E-state index in [1.54, 1.807) is 12.1 Å². The second-order valence-corrected chi connectivity index (χ2v) is 3.93. The molecule has 0 heterocycles. The molecule has 0 unspecified atom stereocenters. The molecule has 0 radical (unpaired) electrons. The molecule has 0 aliphatic heterocycles. The van der Waals surface area contributed by atoms with Crippen molar-refractivity contribution in [3.8, 4) is 6.07 Å². The van der Waals surface area contributed by atoms with Crippen LogP contribution in [0, 0.1) is 17.1 Å². The zero-order valence-corrected chi connectivity index (χ0v) is 8.66. The summed E-state index contributed by atoms with van der Waals surface area (Å²) in [5.41, 5.74) is 0.300. The Morgan fingerprint density at radius 2 is 2.06 bits per heavy atom. The molecule has 16 heavy (non-hydrogen) atoms. The molecule has 2 rings (SSSR count). The maximum atomic E-state index is 12.8. The molecule has 1 aromatic carbocycles. The van der Waals surface area contributed by atoms with Crippen molar-refractivity contribution in [2.24, 2.45) is 0 Å². The summed E-state index contributed by atoms with van der Waals surface area (Å²) in [6.45, 7) is 0.0157. The van der Waals surface area contributed by atoms with Crippen molar-refractivity contribution >= 4 is 5.91 Å². The quantitative estimate of drug-likeness (QED) is 0.781. The van der Waals surface area contributed by atoms with E-state index < -0.39 is 5.41 Å². The lowest BCUT2D eigenvalue weighted by Crippen LogP contribution is -2.34. The molecule has 0 aromatic heterocycles. The smallest absolute Gasteiger partial charge is 0.231 e. The normalized spacial score (nSPS) is 16.2. The molecule has 1 aliphatic carbocycles. The SMILES string of the molecule is N#CCNC(=O)C1(c2ccc(F)cc2)CC1. The van der Waals surface area contributed by atoms with E-state index in [0.717, 1.165) is 18.4 Å². The Morgan fingerprint density at radius 3 is 2.56 bits per heavy atom. The van der Waals surface area contributed by atoms with Crippen LogP contribution in [0.2, 0.25) is 0 Å². The third-order valence-corrected chi connectivity index (χ3v) is 2.91. The number of nitrogens with one attached hydrogen (secondary N) is 1. The number of nitriles is 1. The Hall–Kier alpha value is -1.89. The van der Waals surface area contributed by atoms with Gasteiger partial charge in [0.05, 0.1) is 11.5 Å². The van der Waals surface area contributed by atoms with Gasteiger partial charge < -0.3 is 5.32 Å². The predicted molar refractivity (Wildman–Crippen MR) is 55.9 cm³/mol. The van der Waals surface area contributed by atoms with E-state index >= 15 is 0 Å². The molecule has 1 aliphatic rings. The second-order valence-electron chi connectivity index (χ2n) is 3.93. The highest BCUT2D eigenvalue weighted by Crippen LogP contribution is 2.48. The van der Waals surface area contributed by atoms with Crippen LogP contribution in [-0.2, 0) is 10.2 Å². The minimum atomic E-state index is -0.523. The third-order valence-electron chi connectivity index (χ3n) is 2.91. The number of halogens is 1. The summed E-state index contributed by atoms with van der Waals surface area (Å²) in [6, 6.07) is 7.84. The van der Waals surface area contributed by atoms with Crippen molar-refractivity contribution in [3.63, 3.8) is 0 Å². The number of hydrogen-bond acceptors (Lipinski definition) is 2. The average Bonchev–Trinajstić information content (AvgIpc) is 3.08. The third kappa shape index (κ3) is 1.76. The number of nitrogens with zero attached hydrogens (tertiary/aromatic N) is 1. The van der Waals surface area contributed by atoms with E-state index in [1.807, 2.05) is 6.07 Å². The Kier molecular flexibility index (Phi) is 2.61. The molecule has 82 valence electrons. The van der Waals surface area contributed by atoms with Crippen LogP contribution < -0.4 is 5.32 Å². The molecule has 1 amide bonds. The minimum absolute atomic E-state index is 0.0157. The fourth-order valence-corrected chi connectivity index (χ4v) is 1.83. The summed E-state index contributed by atoms with van der Waals surface area (Å²) in [5, 5.41) is 10.9. The van der Waals surface area contributed by atoms with E-state index in [0.29, 0.717) is 0 Å². The molecular formula is C12H11FN2O. The van der Waals surface area contributed by atoms with Crippen LogP contribution in [0.15, 0.2) is 24.3 Å². The average molecular weight is 218 g/mol. The minimum Gasteiger partial charge on any atom is -0.342 e. The van der Waals surface area contributed by atoms with Gasteiger partial charge >= 0.3 is 0 Å². The number of hydrogen-bond donors (Lipinski definition) is 1. The van der Waals surface area contributed by atoms with Gasteiger partial charge in [-0.2, -0.15) is 5.26 Å². The predicted octanol–water partition coefficient (Wildman–Crippen LogP) is 1.50. The molecule has 0 spiro atoms. The number of carbonyl (C=O) groups is 1. The Balaban J connectivity index is 2.17. The van der Waals surface area contributed by atoms with Crippen molar-refractivity contribution in [1.29, 1.82) is 5.26 Å². The summed E-state index contributed by atoms with van der Waals surface area (Å²) in [7, 11) is 0. The van der Waals surface area contributed by atoms with E-state index in [2.05, 4.69) is 5.32 Å². The number of carbonyl (C=O) groups excluding carboxylic acids is 1. The summed E-state index contributed by atoms with van der Waals surface area (Å²) in [4.78, 5) is 11.8. The fraction of sp³-hybridized carbons (Fsp3) is 0.333. The standard InChI is InChI=1S/C12H11FN2O/c13-10-3-1-9(2-4-10)12(5-6-12)11(16)15-8-7-14/h1-4H,5-6,8H2,(H,15,16). The van der Waals surface area contributed by atoms with Crippen molar-refractivity contribution in [3.05, 3.63) is 35.6 Å². The second kappa shape index (κ2) is 3.93. The van der Waals surface area contributed by atoms with E-state index in [4.69, 9.17) is 5.26 Å². The summed E-state index contributed by atoms with van der Waals surface area (Å²) in [5.74, 6) is -0.447. The van der Waals surface area contributed by atoms with Gasteiger partial charge in [0, 0.05) is 0 Å². The molecule has 0 atom stereocenters. The highest BCUT2D eigenvalue weighted by molar-refractivity contribution is 5.91. The maximum absolute atomic E-state index is 12.8. The lowest BCUT2D eigenvalue weighted by Gasteiger charge is -2.14. The van der Waals surface area contributed by atoms with Crippen molar-refractivity contribution in [2.75, 3.05) is 6.54 Å². The first-order chi connectivity index (χ1) is 7.69. The van der Waals surface area contributed by atoms with Gasteiger partial charge in [-0.15, -0.1) is 0 Å². The Morgan fingerprint density at radius 1 is 1.44 bits per heavy atom. The molecule has 4 heteroatoms. The van der Waals surface area contributed by atoms with Crippen LogP contribution >= 0.6 is 0 Å². The summed E-state index contributed by atoms with van der Waals surface area (Å²) >= 11 is 0. The lowest BCUT2D eigenvalue weighted by molar-refractivity contribution is -0.123. The fourth-order valence-electron chi connectivity index (χ4n) is 1.83. The molecule has 1 N–H and O–H groups in total. The van der Waals surface area contributed by atoms with Gasteiger partial charge in [0.25, 0.3) is 0 Å². The van der Waals surface area contributed by atoms with Crippen LogP contribution in [0.3, 0.4) is 0 Å². The summed E-state index contributed by atoms with van der Waals surface area (Å²) < 4.78 is 12.8. The monoisotopic (exact) mass is 218 g/mol. The van der Waals surface area contributed by atoms with Crippen molar-refractivity contribution in [1.82, 2.24) is 5.32 Å². The lowest BCUT2D eigenvalue weighted by atomic mass is 9.95. The first-order valence-corrected chi connectivity index (χ1v) is 5.10. The van der Waals surface area contributed by atoms with Gasteiger partial charge in [0.1, 0.15) is 12.4 Å². The van der Waals surface area contributed by atoms with Crippen LogP contribution in [0.1, 0.15) is 18.4 Å². The first kappa shape index (κ1) is 10.6. The zero-order chi connectivity index (χ0) is 11.6. The van der Waals surface area contributed by atoms with E-state index in [1.165, 1.54) is 12.1 Å². The van der Waals surface area contributed by atoms with Gasteiger partial charge in [0.15, 0.2) is 0 Å². The number of benzene rings is 1. The van der Waals surface area contributed by atoms with Gasteiger partial charge in [-0.1, -0.05) is 12.1 Å². The van der Waals surface area contributed by atoms with Crippen molar-refractivity contribution < 1.29 is 9.18 Å². The van der Waals surface area contributed by atoms with Crippen LogP contribution in [-0.4, -0.2) is 12.5 Å². The maximum Gasteiger partial charge on any atom is 0.231 e. The van der Waals surface area contributed by atoms with Gasteiger partial charge in [0.2, 0.25) is 5.91 Å². The molecular weight excluding hydrogens is 207 g/mol. The van der Waals surface area contributed by atoms with Crippen molar-refractivity contribution in [2.45, 2.75) is 18.3 Å². The summed E-state index contributed by atoms with van der Waals surface area (Å²) in [6.07, 6.45) is 1.52. The van der Waals surface area contributed by atoms with E-state index in [-0.39, 0.29) is 18.3 Å². The molecule has 1 saturated carbocycles. The first-order valence-electron chi connectivity index (χ1n) is 5.10. The zero-order valence-electron chi connectivity index (χ0n) is 8.66. The van der Waals surface area contributed by atoms with Crippen LogP contribution in [0.25, 0.3) is 0 Å². The van der Waals surface area contributed by atoms with Gasteiger partial charge in [-0.05, 0) is 30.5 Å². The molecule has 3 nitrogen and oxygen atoms in total. The van der Waals surface area contributed by atoms with Gasteiger partial charge in [-0.3, -0.25) is 4.79 Å². The highest BCUT2D eigenvalue weighted by Gasteiger charge is 2.50. The highest BCUT2D eigenvalue weighted by atomic mass is 19.1. The molecule has 1 fully saturated rings. The Bertz CT molecular complexity index is 443. The van der Waals surface area contributed by atoms with Crippen LogP contribution in [0.5, 0.6) is 0 Å².